The average Bonchev–Trinajstić information content (AvgIpc) is 3.44. The van der Waals surface area contributed by atoms with Gasteiger partial charge in [-0.2, -0.15) is 0 Å². The summed E-state index contributed by atoms with van der Waals surface area (Å²) in [6, 6.07) is 7.21. The van der Waals surface area contributed by atoms with Crippen LogP contribution >= 0.6 is 0 Å². The van der Waals surface area contributed by atoms with E-state index in [2.05, 4.69) is 21.9 Å². The highest BCUT2D eigenvalue weighted by Crippen LogP contribution is 2.38. The first-order valence-corrected chi connectivity index (χ1v) is 13.9. The monoisotopic (exact) mass is 554 g/mol. The zero-order chi connectivity index (χ0) is 29.3. The lowest BCUT2D eigenvalue weighted by Crippen LogP contribution is -2.55. The molecule has 3 N–H and O–H groups in total. The molecule has 218 valence electrons. The van der Waals surface area contributed by atoms with Crippen molar-refractivity contribution >= 4 is 18.5 Å². The molecule has 1 aromatic heterocycles. The van der Waals surface area contributed by atoms with Crippen LogP contribution in [0.3, 0.4) is 0 Å². The molecule has 1 aliphatic carbocycles. The quantitative estimate of drug-likeness (QED) is 0.158. The first kappa shape index (κ1) is 30.4. The van der Waals surface area contributed by atoms with Crippen LogP contribution in [0, 0.1) is 5.92 Å². The van der Waals surface area contributed by atoms with E-state index in [1.165, 1.54) is 12.2 Å². The van der Waals surface area contributed by atoms with E-state index >= 15 is 0 Å². The number of hydrogen-bond donors (Lipinski definition) is 3. The third-order valence-corrected chi connectivity index (χ3v) is 8.26. The van der Waals surface area contributed by atoms with Gasteiger partial charge >= 0.3 is 7.12 Å². The highest BCUT2D eigenvalue weighted by Gasteiger charge is 2.51. The summed E-state index contributed by atoms with van der Waals surface area (Å²) in [4.78, 5) is 27.8. The molecule has 2 heterocycles. The summed E-state index contributed by atoms with van der Waals surface area (Å²) in [5, 5.41) is 14.2. The molecule has 11 heteroatoms. The van der Waals surface area contributed by atoms with E-state index in [0.29, 0.717) is 5.82 Å². The standard InChI is InChI=1S/C29H43BN4O6/c1-9-29(15-10-16-29)40-34(25(35)24(19(2)3)33-26(36)37-8)18-23-31-17-22(32-23)20-11-13-21(14-12-20)30-38-27(4,5)28(6,7)39-30/h9,11-14,17,19,24,26,33,36H,1,10,15-16,18H2,2-8H3,(H,31,32). The number of hydrogen-bond acceptors (Lipinski definition) is 8. The maximum atomic E-state index is 13.7. The van der Waals surface area contributed by atoms with Gasteiger partial charge in [-0.05, 0) is 63.9 Å². The number of aliphatic hydroxyl groups is 1. The van der Waals surface area contributed by atoms with Gasteiger partial charge in [-0.25, -0.2) is 10.0 Å². The molecule has 10 nitrogen and oxygen atoms in total. The number of methoxy groups -OCH3 is 1. The summed E-state index contributed by atoms with van der Waals surface area (Å²) < 4.78 is 17.3. The third-order valence-electron chi connectivity index (χ3n) is 8.26. The predicted molar refractivity (Wildman–Crippen MR) is 153 cm³/mol. The topological polar surface area (TPSA) is 118 Å². The second-order valence-electron chi connectivity index (χ2n) is 12.0. The van der Waals surface area contributed by atoms with E-state index in [1.54, 1.807) is 12.3 Å². The summed E-state index contributed by atoms with van der Waals surface area (Å²) in [5.74, 6) is 0.0924. The lowest BCUT2D eigenvalue weighted by molar-refractivity contribution is -0.253. The molecule has 1 aliphatic heterocycles. The van der Waals surface area contributed by atoms with E-state index in [0.717, 1.165) is 36.0 Å². The maximum Gasteiger partial charge on any atom is 0.494 e. The van der Waals surface area contributed by atoms with Crippen molar-refractivity contribution in [1.29, 1.82) is 0 Å². The Morgan fingerprint density at radius 1 is 1.23 bits per heavy atom. The van der Waals surface area contributed by atoms with E-state index in [-0.39, 0.29) is 18.4 Å². The number of rotatable bonds is 12. The molecule has 2 atom stereocenters. The van der Waals surface area contributed by atoms with Gasteiger partial charge in [0, 0.05) is 7.11 Å². The Morgan fingerprint density at radius 3 is 2.35 bits per heavy atom. The molecule has 1 saturated carbocycles. The third kappa shape index (κ3) is 6.35. The number of benzene rings is 1. The first-order valence-electron chi connectivity index (χ1n) is 13.9. The Morgan fingerprint density at radius 2 is 1.85 bits per heavy atom. The number of carbonyl (C=O) groups excluding carboxylic acids is 1. The fraction of sp³-hybridized carbons (Fsp3) is 0.586. The van der Waals surface area contributed by atoms with Gasteiger partial charge in [0.05, 0.1) is 29.1 Å². The number of aromatic nitrogens is 2. The van der Waals surface area contributed by atoms with Gasteiger partial charge in [0.15, 0.2) is 0 Å². The van der Waals surface area contributed by atoms with Gasteiger partial charge < -0.3 is 24.1 Å². The molecule has 0 bridgehead atoms. The minimum absolute atomic E-state index is 0.0917. The largest absolute Gasteiger partial charge is 0.494 e. The molecule has 0 spiro atoms. The van der Waals surface area contributed by atoms with Gasteiger partial charge in [-0.1, -0.05) is 44.2 Å². The highest BCUT2D eigenvalue weighted by atomic mass is 16.7. The van der Waals surface area contributed by atoms with Crippen LogP contribution in [0.5, 0.6) is 0 Å². The number of amides is 1. The predicted octanol–water partition coefficient (Wildman–Crippen LogP) is 3.28. The molecular formula is C29H43BN4O6. The summed E-state index contributed by atoms with van der Waals surface area (Å²) in [6.07, 6.45) is 4.76. The van der Waals surface area contributed by atoms with Crippen LogP contribution in [-0.2, 0) is 30.2 Å². The van der Waals surface area contributed by atoms with Crippen molar-refractivity contribution in [2.75, 3.05) is 7.11 Å². The van der Waals surface area contributed by atoms with Gasteiger partial charge in [0.1, 0.15) is 18.0 Å². The zero-order valence-corrected chi connectivity index (χ0v) is 24.7. The molecule has 2 aromatic rings. The van der Waals surface area contributed by atoms with Crippen molar-refractivity contribution in [2.24, 2.45) is 5.92 Å². The van der Waals surface area contributed by atoms with E-state index in [1.807, 2.05) is 65.8 Å². The highest BCUT2D eigenvalue weighted by molar-refractivity contribution is 6.62. The first-order chi connectivity index (χ1) is 18.8. The lowest BCUT2D eigenvalue weighted by Gasteiger charge is -2.42. The minimum Gasteiger partial charge on any atom is -0.399 e. The Hall–Kier alpha value is -2.54. The van der Waals surface area contributed by atoms with Crippen molar-refractivity contribution in [1.82, 2.24) is 20.3 Å². The Labute approximate surface area is 237 Å². The van der Waals surface area contributed by atoms with Crippen LogP contribution in [0.1, 0.15) is 66.6 Å². The number of nitrogens with zero attached hydrogens (tertiary/aromatic N) is 2. The minimum atomic E-state index is -1.29. The molecule has 0 radical (unpaired) electrons. The van der Waals surface area contributed by atoms with Gasteiger partial charge in [-0.15, -0.1) is 6.58 Å². The molecule has 1 amide bonds. The normalized spacial score (nSPS) is 20.7. The van der Waals surface area contributed by atoms with Crippen molar-refractivity contribution in [2.45, 2.75) is 96.6 Å². The number of H-pyrrole nitrogens is 1. The SMILES string of the molecule is C=CC1(ON(Cc2ncc(-c3ccc(B4OC(C)(C)C(C)(C)O4)cc3)[nH]2)C(=O)C(NC(O)OC)C(C)C)CCC1. The molecular weight excluding hydrogens is 511 g/mol. The van der Waals surface area contributed by atoms with Gasteiger partial charge in [0.2, 0.25) is 6.41 Å². The number of hydroxylamine groups is 2. The van der Waals surface area contributed by atoms with Gasteiger partial charge in [-0.3, -0.25) is 14.9 Å². The number of aliphatic hydroxyl groups excluding tert-OH is 1. The fourth-order valence-corrected chi connectivity index (χ4v) is 4.68. The molecule has 1 aromatic carbocycles. The van der Waals surface area contributed by atoms with Crippen LogP contribution in [0.25, 0.3) is 11.3 Å². The van der Waals surface area contributed by atoms with Crippen molar-refractivity contribution in [3.8, 4) is 11.3 Å². The smallest absolute Gasteiger partial charge is 0.399 e. The summed E-state index contributed by atoms with van der Waals surface area (Å²) >= 11 is 0. The van der Waals surface area contributed by atoms with Crippen molar-refractivity contribution in [3.63, 3.8) is 0 Å². The number of imidazole rings is 1. The second kappa shape index (κ2) is 11.8. The van der Waals surface area contributed by atoms with Crippen LogP contribution in [0.2, 0.25) is 0 Å². The van der Waals surface area contributed by atoms with E-state index in [4.69, 9.17) is 18.9 Å². The average molecular weight is 554 g/mol. The Bertz CT molecular complexity index is 1160. The second-order valence-corrected chi connectivity index (χ2v) is 12.0. The van der Waals surface area contributed by atoms with E-state index in [9.17, 15) is 9.90 Å². The molecule has 4 rings (SSSR count). The number of aromatic amines is 1. The number of ether oxygens (including phenoxy) is 1. The summed E-state index contributed by atoms with van der Waals surface area (Å²) in [6.45, 7) is 15.9. The molecule has 1 saturated heterocycles. The van der Waals surface area contributed by atoms with E-state index < -0.39 is 36.4 Å². The summed E-state index contributed by atoms with van der Waals surface area (Å²) in [5.41, 5.74) is 1.26. The maximum absolute atomic E-state index is 13.7. The van der Waals surface area contributed by atoms with Gasteiger partial charge in [0.25, 0.3) is 5.91 Å². The zero-order valence-electron chi connectivity index (χ0n) is 24.7. The Kier molecular flexibility index (Phi) is 8.94. The van der Waals surface area contributed by atoms with Crippen LogP contribution < -0.4 is 10.8 Å². The van der Waals surface area contributed by atoms with Crippen LogP contribution in [0.4, 0.5) is 0 Å². The molecule has 2 aliphatic rings. The molecule has 40 heavy (non-hydrogen) atoms. The van der Waals surface area contributed by atoms with Crippen LogP contribution in [0.15, 0.2) is 43.1 Å². The summed E-state index contributed by atoms with van der Waals surface area (Å²) in [7, 11) is 0.928. The molecule has 2 fully saturated rings. The number of carbonyl (C=O) groups is 1. The van der Waals surface area contributed by atoms with Crippen LogP contribution in [-0.4, -0.2) is 69.5 Å². The van der Waals surface area contributed by atoms with Crippen molar-refractivity contribution in [3.05, 3.63) is 48.9 Å². The Balaban J connectivity index is 1.51. The fourth-order valence-electron chi connectivity index (χ4n) is 4.68. The lowest BCUT2D eigenvalue weighted by atomic mass is 9.79. The number of nitrogens with one attached hydrogen (secondary N) is 2. The molecule has 2 unspecified atom stereocenters. The van der Waals surface area contributed by atoms with Crippen molar-refractivity contribution < 1.29 is 28.8 Å².